The van der Waals surface area contributed by atoms with Gasteiger partial charge < -0.3 is 10.1 Å². The predicted molar refractivity (Wildman–Crippen MR) is 77.1 cm³/mol. The van der Waals surface area contributed by atoms with Crippen LogP contribution < -0.4 is 5.32 Å². The van der Waals surface area contributed by atoms with Gasteiger partial charge >= 0.3 is 0 Å². The van der Waals surface area contributed by atoms with Crippen LogP contribution in [0.3, 0.4) is 0 Å². The van der Waals surface area contributed by atoms with E-state index in [0.717, 1.165) is 12.0 Å². The van der Waals surface area contributed by atoms with Crippen LogP contribution >= 0.6 is 15.9 Å². The normalized spacial score (nSPS) is 13.9. The first-order valence-electron chi connectivity index (χ1n) is 6.13. The van der Waals surface area contributed by atoms with Gasteiger partial charge in [0.05, 0.1) is 18.6 Å². The van der Waals surface area contributed by atoms with Crippen LogP contribution in [0.4, 0.5) is 0 Å². The Hall–Kier alpha value is -0.870. The molecule has 0 aliphatic heterocycles. The van der Waals surface area contributed by atoms with Crippen molar-refractivity contribution in [1.29, 1.82) is 0 Å². The highest BCUT2D eigenvalue weighted by molar-refractivity contribution is 9.09. The van der Waals surface area contributed by atoms with Crippen molar-refractivity contribution in [3.8, 4) is 0 Å². The van der Waals surface area contributed by atoms with Gasteiger partial charge in [0.2, 0.25) is 5.91 Å². The Morgan fingerprint density at radius 1 is 1.39 bits per heavy atom. The molecule has 0 aliphatic carbocycles. The smallest absolute Gasteiger partial charge is 0.227 e. The Bertz CT molecular complexity index is 356. The maximum absolute atomic E-state index is 12.2. The molecule has 1 rings (SSSR count). The highest BCUT2D eigenvalue weighted by Crippen LogP contribution is 2.19. The summed E-state index contributed by atoms with van der Waals surface area (Å²) in [6.07, 6.45) is 0.790. The maximum Gasteiger partial charge on any atom is 0.227 e. The highest BCUT2D eigenvalue weighted by Gasteiger charge is 2.20. The molecule has 0 saturated carbocycles. The molecule has 0 aromatic heterocycles. The zero-order valence-electron chi connectivity index (χ0n) is 10.9. The Balaban J connectivity index is 2.68. The summed E-state index contributed by atoms with van der Waals surface area (Å²) in [6, 6.07) is 9.88. The molecule has 2 atom stereocenters. The van der Waals surface area contributed by atoms with Gasteiger partial charge in [-0.25, -0.2) is 0 Å². The second-order valence-corrected chi connectivity index (χ2v) is 4.83. The van der Waals surface area contributed by atoms with Crippen molar-refractivity contribution in [1.82, 2.24) is 5.32 Å². The molecule has 0 saturated heterocycles. The average molecular weight is 314 g/mol. The molecule has 18 heavy (non-hydrogen) atoms. The van der Waals surface area contributed by atoms with Crippen LogP contribution in [0.2, 0.25) is 0 Å². The lowest BCUT2D eigenvalue weighted by atomic mass is 9.95. The van der Waals surface area contributed by atoms with Crippen molar-refractivity contribution >= 4 is 21.8 Å². The molecule has 0 spiro atoms. The summed E-state index contributed by atoms with van der Waals surface area (Å²) in [5, 5.41) is 3.70. The van der Waals surface area contributed by atoms with Gasteiger partial charge in [-0.15, -0.1) is 0 Å². The van der Waals surface area contributed by atoms with E-state index >= 15 is 0 Å². The molecule has 1 aromatic rings. The molecule has 1 aromatic carbocycles. The molecule has 1 amide bonds. The van der Waals surface area contributed by atoms with E-state index in [4.69, 9.17) is 4.74 Å². The molecular weight excluding hydrogens is 294 g/mol. The molecular formula is C14H20BrNO2. The van der Waals surface area contributed by atoms with Gasteiger partial charge in [0.15, 0.2) is 0 Å². The summed E-state index contributed by atoms with van der Waals surface area (Å²) in [4.78, 5) is 12.2. The summed E-state index contributed by atoms with van der Waals surface area (Å²) in [5.74, 6) is -0.0326. The number of carbonyl (C=O) groups is 1. The van der Waals surface area contributed by atoms with Crippen molar-refractivity contribution < 1.29 is 9.53 Å². The Labute approximate surface area is 117 Å². The maximum atomic E-state index is 12.2. The number of methoxy groups -OCH3 is 1. The van der Waals surface area contributed by atoms with Gasteiger partial charge in [0.25, 0.3) is 0 Å². The van der Waals surface area contributed by atoms with Gasteiger partial charge in [-0.05, 0) is 12.0 Å². The number of nitrogens with one attached hydrogen (secondary N) is 1. The third-order valence-electron chi connectivity index (χ3n) is 2.83. The molecule has 100 valence electrons. The third kappa shape index (κ3) is 4.42. The average Bonchev–Trinajstić information content (AvgIpc) is 2.40. The Morgan fingerprint density at radius 2 is 2.06 bits per heavy atom. The predicted octanol–water partition coefficient (Wildman–Crippen LogP) is 2.71. The lowest BCUT2D eigenvalue weighted by Crippen LogP contribution is -2.41. The summed E-state index contributed by atoms with van der Waals surface area (Å²) in [7, 11) is 1.64. The number of ether oxygens (including phenoxy) is 1. The second-order valence-electron chi connectivity index (χ2n) is 4.19. The van der Waals surface area contributed by atoms with E-state index in [0.29, 0.717) is 11.9 Å². The zero-order valence-corrected chi connectivity index (χ0v) is 12.4. The van der Waals surface area contributed by atoms with E-state index in [1.165, 1.54) is 0 Å². The van der Waals surface area contributed by atoms with Crippen LogP contribution in [0.25, 0.3) is 0 Å². The number of hydrogen-bond acceptors (Lipinski definition) is 2. The van der Waals surface area contributed by atoms with Crippen molar-refractivity contribution in [2.24, 2.45) is 0 Å². The van der Waals surface area contributed by atoms with Crippen LogP contribution in [0, 0.1) is 0 Å². The van der Waals surface area contributed by atoms with E-state index in [2.05, 4.69) is 21.2 Å². The zero-order chi connectivity index (χ0) is 13.4. The van der Waals surface area contributed by atoms with Crippen LogP contribution in [0.1, 0.15) is 24.8 Å². The fraction of sp³-hybridized carbons (Fsp3) is 0.500. The molecule has 0 aliphatic rings. The van der Waals surface area contributed by atoms with E-state index in [-0.39, 0.29) is 17.9 Å². The van der Waals surface area contributed by atoms with Crippen LogP contribution in [-0.4, -0.2) is 31.0 Å². The topological polar surface area (TPSA) is 38.3 Å². The summed E-state index contributed by atoms with van der Waals surface area (Å²) < 4.78 is 5.07. The largest absolute Gasteiger partial charge is 0.383 e. The second kappa shape index (κ2) is 8.27. The number of halogens is 1. The quantitative estimate of drug-likeness (QED) is 0.786. The first kappa shape index (κ1) is 15.2. The summed E-state index contributed by atoms with van der Waals surface area (Å²) in [6.45, 7) is 2.54. The number of carbonyl (C=O) groups excluding carboxylic acids is 1. The minimum absolute atomic E-state index is 0.0141. The van der Waals surface area contributed by atoms with Gasteiger partial charge in [-0.1, -0.05) is 53.2 Å². The monoisotopic (exact) mass is 313 g/mol. The highest BCUT2D eigenvalue weighted by atomic mass is 79.9. The van der Waals surface area contributed by atoms with Crippen molar-refractivity contribution in [2.75, 3.05) is 19.0 Å². The number of amides is 1. The fourth-order valence-electron chi connectivity index (χ4n) is 1.89. The van der Waals surface area contributed by atoms with Crippen LogP contribution in [0.15, 0.2) is 30.3 Å². The molecule has 0 radical (unpaired) electrons. The first-order chi connectivity index (χ1) is 8.72. The van der Waals surface area contributed by atoms with Gasteiger partial charge in [-0.3, -0.25) is 4.79 Å². The third-order valence-corrected chi connectivity index (χ3v) is 3.61. The molecule has 1 N–H and O–H groups in total. The SMILES string of the molecule is CCC(C(=O)NC(CBr)COC)c1ccccc1. The number of alkyl halides is 1. The molecule has 0 heterocycles. The molecule has 0 fully saturated rings. The number of benzene rings is 1. The van der Waals surface area contributed by atoms with Crippen molar-refractivity contribution in [3.63, 3.8) is 0 Å². The lowest BCUT2D eigenvalue weighted by molar-refractivity contribution is -0.123. The van der Waals surface area contributed by atoms with E-state index in [9.17, 15) is 4.79 Å². The Kier molecular flexibility index (Phi) is 6.98. The number of hydrogen-bond donors (Lipinski definition) is 1. The minimum atomic E-state index is -0.0930. The van der Waals surface area contributed by atoms with Gasteiger partial charge in [0, 0.05) is 12.4 Å². The van der Waals surface area contributed by atoms with Crippen molar-refractivity contribution in [2.45, 2.75) is 25.3 Å². The van der Waals surface area contributed by atoms with E-state index in [1.807, 2.05) is 37.3 Å². The van der Waals surface area contributed by atoms with E-state index < -0.39 is 0 Å². The number of rotatable bonds is 7. The van der Waals surface area contributed by atoms with Crippen LogP contribution in [0.5, 0.6) is 0 Å². The minimum Gasteiger partial charge on any atom is -0.383 e. The molecule has 2 unspecified atom stereocenters. The molecule has 4 heteroatoms. The summed E-state index contributed by atoms with van der Waals surface area (Å²) in [5.41, 5.74) is 1.06. The first-order valence-corrected chi connectivity index (χ1v) is 7.25. The fourth-order valence-corrected chi connectivity index (χ4v) is 2.23. The van der Waals surface area contributed by atoms with Gasteiger partial charge in [0.1, 0.15) is 0 Å². The van der Waals surface area contributed by atoms with Gasteiger partial charge in [-0.2, -0.15) is 0 Å². The Morgan fingerprint density at radius 3 is 2.56 bits per heavy atom. The lowest BCUT2D eigenvalue weighted by Gasteiger charge is -2.20. The molecule has 0 bridgehead atoms. The standard InChI is InChI=1S/C14H20BrNO2/c1-3-13(11-7-5-4-6-8-11)14(17)16-12(9-15)10-18-2/h4-8,12-13H,3,9-10H2,1-2H3,(H,16,17). The van der Waals surface area contributed by atoms with E-state index in [1.54, 1.807) is 7.11 Å². The summed E-state index contributed by atoms with van der Waals surface area (Å²) >= 11 is 3.38. The van der Waals surface area contributed by atoms with Crippen molar-refractivity contribution in [3.05, 3.63) is 35.9 Å². The molecule has 3 nitrogen and oxygen atoms in total. The van der Waals surface area contributed by atoms with Crippen LogP contribution in [-0.2, 0) is 9.53 Å².